The van der Waals surface area contributed by atoms with Crippen LogP contribution in [0.4, 0.5) is 10.2 Å². The van der Waals surface area contributed by atoms with Crippen LogP contribution in [-0.4, -0.2) is 33.2 Å². The second kappa shape index (κ2) is 6.81. The predicted molar refractivity (Wildman–Crippen MR) is 92.1 cm³/mol. The van der Waals surface area contributed by atoms with Crippen molar-refractivity contribution in [1.29, 1.82) is 0 Å². The lowest BCUT2D eigenvalue weighted by Crippen LogP contribution is -2.48. The molecule has 3 N–H and O–H groups in total. The largest absolute Gasteiger partial charge is 0.393 e. The van der Waals surface area contributed by atoms with Crippen LogP contribution in [0.5, 0.6) is 0 Å². The molecule has 1 aromatic carbocycles. The first-order valence-electron chi connectivity index (χ1n) is 8.08. The Morgan fingerprint density at radius 3 is 2.69 bits per heavy atom. The zero-order valence-electron chi connectivity index (χ0n) is 14.1. The maximum Gasteiger partial charge on any atom is 0.352 e. The fourth-order valence-electron chi connectivity index (χ4n) is 2.80. The van der Waals surface area contributed by atoms with Crippen LogP contribution in [0.2, 0.25) is 0 Å². The Morgan fingerprint density at radius 1 is 1.42 bits per heavy atom. The lowest BCUT2D eigenvalue weighted by Gasteiger charge is -2.29. The third-order valence-electron chi connectivity index (χ3n) is 4.26. The Hall–Kier alpha value is -2.84. The van der Waals surface area contributed by atoms with Gasteiger partial charge < -0.3 is 15.6 Å². The SMILES string of the molecule is CCc1ccc(C(=O)[C@]2(n3cc(F)c(N)nc3=O)C=C[C@@H](CO)O2)cc1. The average Bonchev–Trinajstić information content (AvgIpc) is 3.09. The van der Waals surface area contributed by atoms with Crippen molar-refractivity contribution in [3.63, 3.8) is 0 Å². The summed E-state index contributed by atoms with van der Waals surface area (Å²) < 4.78 is 20.3. The van der Waals surface area contributed by atoms with Gasteiger partial charge in [-0.2, -0.15) is 4.98 Å². The second-order valence-corrected chi connectivity index (χ2v) is 5.90. The molecule has 0 unspecified atom stereocenters. The van der Waals surface area contributed by atoms with Gasteiger partial charge in [-0.25, -0.2) is 9.18 Å². The number of carbonyl (C=O) groups is 1. The van der Waals surface area contributed by atoms with Crippen LogP contribution in [0.1, 0.15) is 22.8 Å². The van der Waals surface area contributed by atoms with Crippen molar-refractivity contribution in [2.45, 2.75) is 25.2 Å². The van der Waals surface area contributed by atoms with E-state index in [0.717, 1.165) is 22.7 Å². The molecule has 8 heteroatoms. The van der Waals surface area contributed by atoms with Gasteiger partial charge in [-0.05, 0) is 18.1 Å². The number of halogens is 1. The third kappa shape index (κ3) is 2.93. The van der Waals surface area contributed by atoms with Crippen LogP contribution in [-0.2, 0) is 16.9 Å². The topological polar surface area (TPSA) is 107 Å². The lowest BCUT2D eigenvalue weighted by atomic mass is 9.98. The maximum atomic E-state index is 13.9. The van der Waals surface area contributed by atoms with Crippen LogP contribution < -0.4 is 11.4 Å². The molecule has 0 amide bonds. The molecule has 1 aliphatic rings. The molecule has 2 heterocycles. The number of ether oxygens (including phenoxy) is 1. The van der Waals surface area contributed by atoms with Crippen LogP contribution >= 0.6 is 0 Å². The van der Waals surface area contributed by atoms with Crippen LogP contribution in [0.15, 0.2) is 47.4 Å². The fraction of sp³-hybridized carbons (Fsp3) is 0.278. The van der Waals surface area contributed by atoms with Crippen molar-refractivity contribution in [2.75, 3.05) is 12.3 Å². The first kappa shape index (κ1) is 18.0. The standard InChI is InChI=1S/C18H18FN3O4/c1-2-11-3-5-12(6-4-11)15(24)18(8-7-13(10-23)26-18)22-9-14(19)16(20)21-17(22)25/h3-9,13,23H,2,10H2,1H3,(H2,20,21,25)/t13-,18-/m0/s1. The molecule has 1 aromatic heterocycles. The number of nitrogens with zero attached hydrogens (tertiary/aromatic N) is 2. The van der Waals surface area contributed by atoms with Crippen LogP contribution in [0.25, 0.3) is 0 Å². The Balaban J connectivity index is 2.14. The molecule has 3 rings (SSSR count). The fourth-order valence-corrected chi connectivity index (χ4v) is 2.80. The van der Waals surface area contributed by atoms with E-state index in [2.05, 4.69) is 4.98 Å². The molecule has 2 atom stereocenters. The predicted octanol–water partition coefficient (Wildman–Crippen LogP) is 1.01. The quantitative estimate of drug-likeness (QED) is 0.609. The van der Waals surface area contributed by atoms with Gasteiger partial charge in [-0.15, -0.1) is 0 Å². The zero-order chi connectivity index (χ0) is 18.9. The van der Waals surface area contributed by atoms with Gasteiger partial charge in [0.15, 0.2) is 11.6 Å². The summed E-state index contributed by atoms with van der Waals surface area (Å²) in [5.41, 5.74) is 3.74. The van der Waals surface area contributed by atoms with E-state index in [-0.39, 0.29) is 5.56 Å². The van der Waals surface area contributed by atoms with Gasteiger partial charge in [0.2, 0.25) is 11.5 Å². The van der Waals surface area contributed by atoms with Gasteiger partial charge >= 0.3 is 5.69 Å². The Kier molecular flexibility index (Phi) is 4.71. The van der Waals surface area contributed by atoms with Crippen molar-refractivity contribution in [3.8, 4) is 0 Å². The molecule has 0 bridgehead atoms. The minimum absolute atomic E-state index is 0.273. The number of aromatic nitrogens is 2. The monoisotopic (exact) mass is 359 g/mol. The van der Waals surface area contributed by atoms with Crippen molar-refractivity contribution in [2.24, 2.45) is 0 Å². The maximum absolute atomic E-state index is 13.9. The van der Waals surface area contributed by atoms with Gasteiger partial charge in [0.25, 0.3) is 0 Å². The Morgan fingerprint density at radius 2 is 2.12 bits per heavy atom. The molecule has 0 aliphatic carbocycles. The minimum atomic E-state index is -1.94. The number of aryl methyl sites for hydroxylation is 1. The van der Waals surface area contributed by atoms with E-state index in [1.807, 2.05) is 6.92 Å². The summed E-state index contributed by atoms with van der Waals surface area (Å²) in [6.45, 7) is 1.58. The van der Waals surface area contributed by atoms with E-state index in [1.165, 1.54) is 12.2 Å². The third-order valence-corrected chi connectivity index (χ3v) is 4.26. The highest BCUT2D eigenvalue weighted by Gasteiger charge is 2.46. The molecule has 7 nitrogen and oxygen atoms in total. The molecule has 0 spiro atoms. The summed E-state index contributed by atoms with van der Waals surface area (Å²) in [7, 11) is 0. The Bertz CT molecular complexity index is 923. The van der Waals surface area contributed by atoms with Gasteiger partial charge in [0, 0.05) is 5.56 Å². The first-order chi connectivity index (χ1) is 12.4. The van der Waals surface area contributed by atoms with Crippen molar-refractivity contribution < 1.29 is 19.0 Å². The van der Waals surface area contributed by atoms with Crippen LogP contribution in [0, 0.1) is 5.82 Å². The van der Waals surface area contributed by atoms with E-state index in [9.17, 15) is 19.1 Å². The van der Waals surface area contributed by atoms with Crippen molar-refractivity contribution in [3.05, 3.63) is 70.0 Å². The molecule has 136 valence electrons. The molecular formula is C18H18FN3O4. The first-order valence-corrected chi connectivity index (χ1v) is 8.08. The smallest absolute Gasteiger partial charge is 0.352 e. The minimum Gasteiger partial charge on any atom is -0.393 e. The van der Waals surface area contributed by atoms with E-state index in [4.69, 9.17) is 10.5 Å². The summed E-state index contributed by atoms with van der Waals surface area (Å²) in [4.78, 5) is 28.9. The molecule has 0 saturated carbocycles. The highest BCUT2D eigenvalue weighted by atomic mass is 19.1. The Labute approximate surface area is 148 Å². The number of nitrogens with two attached hydrogens (primary N) is 1. The normalized spacial score (nSPS) is 21.9. The number of aliphatic hydroxyl groups is 1. The summed E-state index contributed by atoms with van der Waals surface area (Å²) >= 11 is 0. The summed E-state index contributed by atoms with van der Waals surface area (Å²) in [5.74, 6) is -2.11. The number of hydrogen-bond acceptors (Lipinski definition) is 6. The summed E-state index contributed by atoms with van der Waals surface area (Å²) in [5, 5.41) is 9.35. The number of hydrogen-bond donors (Lipinski definition) is 2. The van der Waals surface area contributed by atoms with Gasteiger partial charge in [-0.1, -0.05) is 37.3 Å². The molecule has 26 heavy (non-hydrogen) atoms. The number of carbonyl (C=O) groups excluding carboxylic acids is 1. The van der Waals surface area contributed by atoms with E-state index < -0.39 is 41.5 Å². The highest BCUT2D eigenvalue weighted by Crippen LogP contribution is 2.32. The number of aliphatic hydroxyl groups excluding tert-OH is 1. The second-order valence-electron chi connectivity index (χ2n) is 5.90. The number of ketones is 1. The molecule has 0 fully saturated rings. The van der Waals surface area contributed by atoms with Gasteiger partial charge in [-0.3, -0.25) is 9.36 Å². The zero-order valence-corrected chi connectivity index (χ0v) is 14.1. The van der Waals surface area contributed by atoms with Crippen molar-refractivity contribution in [1.82, 2.24) is 9.55 Å². The number of benzene rings is 1. The molecule has 2 aromatic rings. The number of Topliss-reactive ketones (excluding diaryl/α,β-unsaturated/α-hetero) is 1. The van der Waals surface area contributed by atoms with E-state index in [0.29, 0.717) is 0 Å². The molecule has 1 aliphatic heterocycles. The van der Waals surface area contributed by atoms with Crippen molar-refractivity contribution >= 4 is 11.6 Å². The summed E-state index contributed by atoms with van der Waals surface area (Å²) in [6, 6.07) is 6.79. The van der Waals surface area contributed by atoms with E-state index in [1.54, 1.807) is 24.3 Å². The highest BCUT2D eigenvalue weighted by molar-refractivity contribution is 6.02. The van der Waals surface area contributed by atoms with Crippen LogP contribution in [0.3, 0.4) is 0 Å². The molecular weight excluding hydrogens is 341 g/mol. The number of anilines is 1. The average molecular weight is 359 g/mol. The summed E-state index contributed by atoms with van der Waals surface area (Å²) in [6.07, 6.45) is 3.53. The molecule has 0 saturated heterocycles. The van der Waals surface area contributed by atoms with E-state index >= 15 is 0 Å². The van der Waals surface area contributed by atoms with Gasteiger partial charge in [0.1, 0.15) is 6.10 Å². The van der Waals surface area contributed by atoms with Gasteiger partial charge in [0.05, 0.1) is 12.8 Å². The lowest BCUT2D eigenvalue weighted by molar-refractivity contribution is -0.0708. The number of rotatable bonds is 5. The number of nitrogen functional groups attached to an aromatic ring is 1. The molecule has 0 radical (unpaired) electrons.